The zero-order valence-electron chi connectivity index (χ0n) is 13.9. The number of H-pyrrole nitrogens is 1. The summed E-state index contributed by atoms with van der Waals surface area (Å²) in [6.07, 6.45) is 0. The summed E-state index contributed by atoms with van der Waals surface area (Å²) in [6.45, 7) is 0.668. The van der Waals surface area contributed by atoms with Gasteiger partial charge >= 0.3 is 0 Å². The highest BCUT2D eigenvalue weighted by atomic mass is 79.9. The van der Waals surface area contributed by atoms with Gasteiger partial charge in [0.1, 0.15) is 5.69 Å². The minimum atomic E-state index is -0.204. The van der Waals surface area contributed by atoms with E-state index in [-0.39, 0.29) is 5.56 Å². The van der Waals surface area contributed by atoms with Gasteiger partial charge in [-0.3, -0.25) is 4.79 Å². The van der Waals surface area contributed by atoms with Crippen molar-refractivity contribution in [1.29, 1.82) is 0 Å². The Hall–Kier alpha value is -2.92. The van der Waals surface area contributed by atoms with Crippen LogP contribution in [0.1, 0.15) is 5.56 Å². The Labute approximate surface area is 159 Å². The molecule has 0 aliphatic carbocycles. The highest BCUT2D eigenvalue weighted by molar-refractivity contribution is 9.10. The standard InChI is InChI=1S/C21H16BrN3O/c22-15-10-11-17(23-13-14-6-2-1-3-7-14)16(12-15)20-21(26)25-19-9-5-4-8-18(19)24-20/h1-12,23H,13H2,(H,25,26). The first kappa shape index (κ1) is 16.5. The first-order valence-corrected chi connectivity index (χ1v) is 9.07. The molecule has 26 heavy (non-hydrogen) atoms. The van der Waals surface area contributed by atoms with Gasteiger partial charge in [0.15, 0.2) is 0 Å². The van der Waals surface area contributed by atoms with E-state index in [1.165, 1.54) is 5.56 Å². The number of nitrogens with zero attached hydrogens (tertiary/aromatic N) is 1. The average molecular weight is 406 g/mol. The summed E-state index contributed by atoms with van der Waals surface area (Å²) < 4.78 is 0.895. The number of hydrogen-bond donors (Lipinski definition) is 2. The summed E-state index contributed by atoms with van der Waals surface area (Å²) in [5, 5.41) is 3.42. The van der Waals surface area contributed by atoms with Gasteiger partial charge in [0.05, 0.1) is 11.0 Å². The Bertz CT molecular complexity index is 1120. The molecule has 0 bridgehead atoms. The number of aromatic amines is 1. The second-order valence-corrected chi connectivity index (χ2v) is 6.88. The first-order chi connectivity index (χ1) is 12.7. The first-order valence-electron chi connectivity index (χ1n) is 8.27. The lowest BCUT2D eigenvalue weighted by Gasteiger charge is -2.12. The van der Waals surface area contributed by atoms with Crippen molar-refractivity contribution in [2.24, 2.45) is 0 Å². The van der Waals surface area contributed by atoms with Gasteiger partial charge in [-0.1, -0.05) is 58.4 Å². The van der Waals surface area contributed by atoms with Gasteiger partial charge in [-0.2, -0.15) is 0 Å². The van der Waals surface area contributed by atoms with Crippen molar-refractivity contribution in [2.75, 3.05) is 5.32 Å². The van der Waals surface area contributed by atoms with Crippen LogP contribution in [0.25, 0.3) is 22.3 Å². The molecule has 5 heteroatoms. The summed E-state index contributed by atoms with van der Waals surface area (Å²) in [7, 11) is 0. The van der Waals surface area contributed by atoms with Crippen molar-refractivity contribution in [3.63, 3.8) is 0 Å². The summed E-state index contributed by atoms with van der Waals surface area (Å²) in [5.41, 5.74) is 4.49. The van der Waals surface area contributed by atoms with Gasteiger partial charge < -0.3 is 10.3 Å². The monoisotopic (exact) mass is 405 g/mol. The number of anilines is 1. The molecule has 2 N–H and O–H groups in total. The third-order valence-corrected chi connectivity index (χ3v) is 4.66. The van der Waals surface area contributed by atoms with E-state index in [0.717, 1.165) is 26.8 Å². The quantitative estimate of drug-likeness (QED) is 0.504. The van der Waals surface area contributed by atoms with E-state index in [4.69, 9.17) is 0 Å². The topological polar surface area (TPSA) is 57.8 Å². The van der Waals surface area contributed by atoms with E-state index in [2.05, 4.69) is 43.3 Å². The molecule has 1 aromatic heterocycles. The van der Waals surface area contributed by atoms with Crippen LogP contribution in [0, 0.1) is 0 Å². The summed E-state index contributed by atoms with van der Waals surface area (Å²) in [6, 6.07) is 23.5. The van der Waals surface area contributed by atoms with Crippen LogP contribution in [0.3, 0.4) is 0 Å². The molecule has 1 heterocycles. The molecule has 0 saturated heterocycles. The van der Waals surface area contributed by atoms with Crippen LogP contribution in [-0.2, 0) is 6.54 Å². The molecule has 0 amide bonds. The lowest BCUT2D eigenvalue weighted by Crippen LogP contribution is -2.13. The lowest BCUT2D eigenvalue weighted by molar-refractivity contribution is 1.14. The average Bonchev–Trinajstić information content (AvgIpc) is 2.67. The predicted molar refractivity (Wildman–Crippen MR) is 109 cm³/mol. The molecule has 0 atom stereocenters. The minimum Gasteiger partial charge on any atom is -0.380 e. The molecule has 0 aliphatic heterocycles. The number of fused-ring (bicyclic) bond motifs is 1. The van der Waals surface area contributed by atoms with E-state index < -0.39 is 0 Å². The molecule has 4 rings (SSSR count). The Balaban J connectivity index is 1.77. The van der Waals surface area contributed by atoms with Gasteiger partial charge in [-0.25, -0.2) is 4.98 Å². The SMILES string of the molecule is O=c1[nH]c2ccccc2nc1-c1cc(Br)ccc1NCc1ccccc1. The third-order valence-electron chi connectivity index (χ3n) is 4.16. The van der Waals surface area contributed by atoms with E-state index in [1.807, 2.05) is 60.7 Å². The molecule has 0 unspecified atom stereocenters. The van der Waals surface area contributed by atoms with E-state index in [1.54, 1.807) is 0 Å². The van der Waals surface area contributed by atoms with Crippen molar-refractivity contribution >= 4 is 32.7 Å². The number of hydrogen-bond acceptors (Lipinski definition) is 3. The smallest absolute Gasteiger partial charge is 0.275 e. The zero-order valence-corrected chi connectivity index (χ0v) is 15.5. The third kappa shape index (κ3) is 3.39. The number of aromatic nitrogens is 2. The zero-order chi connectivity index (χ0) is 17.9. The van der Waals surface area contributed by atoms with Crippen LogP contribution in [0.5, 0.6) is 0 Å². The van der Waals surface area contributed by atoms with E-state index in [9.17, 15) is 4.79 Å². The van der Waals surface area contributed by atoms with Crippen molar-refractivity contribution in [3.8, 4) is 11.3 Å². The molecule has 0 spiro atoms. The fourth-order valence-electron chi connectivity index (χ4n) is 2.87. The predicted octanol–water partition coefficient (Wildman–Crippen LogP) is 4.96. The molecular formula is C21H16BrN3O. The molecule has 4 aromatic rings. The number of nitrogens with one attached hydrogen (secondary N) is 2. The van der Waals surface area contributed by atoms with Crippen molar-refractivity contribution in [2.45, 2.75) is 6.54 Å². The van der Waals surface area contributed by atoms with Crippen molar-refractivity contribution < 1.29 is 0 Å². The van der Waals surface area contributed by atoms with Gasteiger partial charge in [-0.05, 0) is 35.9 Å². The maximum absolute atomic E-state index is 12.6. The Morgan fingerprint density at radius 1 is 0.962 bits per heavy atom. The largest absolute Gasteiger partial charge is 0.380 e. The molecular weight excluding hydrogens is 390 g/mol. The highest BCUT2D eigenvalue weighted by Gasteiger charge is 2.13. The maximum Gasteiger partial charge on any atom is 0.275 e. The van der Waals surface area contributed by atoms with E-state index >= 15 is 0 Å². The molecule has 3 aromatic carbocycles. The van der Waals surface area contributed by atoms with Crippen LogP contribution in [-0.4, -0.2) is 9.97 Å². The highest BCUT2D eigenvalue weighted by Crippen LogP contribution is 2.29. The van der Waals surface area contributed by atoms with Gasteiger partial charge in [0.25, 0.3) is 5.56 Å². The molecule has 0 saturated carbocycles. The fourth-order valence-corrected chi connectivity index (χ4v) is 3.23. The Kier molecular flexibility index (Phi) is 4.54. The van der Waals surface area contributed by atoms with Crippen LogP contribution < -0.4 is 10.9 Å². The normalized spacial score (nSPS) is 10.8. The molecule has 128 valence electrons. The van der Waals surface area contributed by atoms with Crippen LogP contribution in [0.2, 0.25) is 0 Å². The number of rotatable bonds is 4. The lowest BCUT2D eigenvalue weighted by atomic mass is 10.1. The van der Waals surface area contributed by atoms with Gasteiger partial charge in [0.2, 0.25) is 0 Å². The summed E-state index contributed by atoms with van der Waals surface area (Å²) in [4.78, 5) is 20.1. The summed E-state index contributed by atoms with van der Waals surface area (Å²) >= 11 is 3.50. The fraction of sp³-hybridized carbons (Fsp3) is 0.0476. The number of halogens is 1. The van der Waals surface area contributed by atoms with Gasteiger partial charge in [0, 0.05) is 22.3 Å². The van der Waals surface area contributed by atoms with Crippen LogP contribution >= 0.6 is 15.9 Å². The second kappa shape index (κ2) is 7.14. The van der Waals surface area contributed by atoms with Crippen LogP contribution in [0.4, 0.5) is 5.69 Å². The molecule has 0 radical (unpaired) electrons. The maximum atomic E-state index is 12.6. The molecule has 0 aliphatic rings. The number of para-hydroxylation sites is 2. The summed E-state index contributed by atoms with van der Waals surface area (Å²) in [5.74, 6) is 0. The Morgan fingerprint density at radius 3 is 2.58 bits per heavy atom. The van der Waals surface area contributed by atoms with Gasteiger partial charge in [-0.15, -0.1) is 0 Å². The minimum absolute atomic E-state index is 0.204. The second-order valence-electron chi connectivity index (χ2n) is 5.96. The Morgan fingerprint density at radius 2 is 1.73 bits per heavy atom. The molecule has 4 nitrogen and oxygen atoms in total. The number of benzene rings is 3. The van der Waals surface area contributed by atoms with E-state index in [0.29, 0.717) is 12.2 Å². The van der Waals surface area contributed by atoms with Crippen molar-refractivity contribution in [3.05, 3.63) is 93.2 Å². The van der Waals surface area contributed by atoms with Crippen LogP contribution in [0.15, 0.2) is 82.1 Å². The van der Waals surface area contributed by atoms with Crippen molar-refractivity contribution in [1.82, 2.24) is 9.97 Å². The molecule has 0 fully saturated rings.